The van der Waals surface area contributed by atoms with Gasteiger partial charge < -0.3 is 2.85 Å². The first kappa shape index (κ1) is 10.6. The van der Waals surface area contributed by atoms with Crippen molar-refractivity contribution in [3.63, 3.8) is 0 Å². The van der Waals surface area contributed by atoms with E-state index in [0.29, 0.717) is 5.56 Å². The van der Waals surface area contributed by atoms with E-state index in [-0.39, 0.29) is 25.9 Å². The Hall–Kier alpha value is -0.414. The summed E-state index contributed by atoms with van der Waals surface area (Å²) in [5, 5.41) is 0. The zero-order valence-corrected chi connectivity index (χ0v) is 7.50. The molecule has 0 N–H and O–H groups in total. The van der Waals surface area contributed by atoms with E-state index in [0.717, 1.165) is 0 Å². The summed E-state index contributed by atoms with van der Waals surface area (Å²) in [5.41, 5.74) is 0.435. The van der Waals surface area contributed by atoms with Crippen molar-refractivity contribution in [1.29, 1.82) is 0 Å². The number of carbonyl (C=O) groups excluding carboxylic acids is 1. The zero-order valence-electron chi connectivity index (χ0n) is 8.09. The Morgan fingerprint density at radius 1 is 1.36 bits per heavy atom. The van der Waals surface area contributed by atoms with Crippen LogP contribution in [0.4, 0.5) is 4.39 Å². The largest absolute Gasteiger partial charge is 2.00 e. The molecule has 0 aliphatic heterocycles. The van der Waals surface area contributed by atoms with E-state index in [1.54, 1.807) is 30.3 Å². The van der Waals surface area contributed by atoms with Crippen LogP contribution in [0.2, 0.25) is 0 Å². The van der Waals surface area contributed by atoms with Gasteiger partial charge in [0.2, 0.25) is 0 Å². The fraction of sp³-hybridized carbons (Fsp3) is 0.125. The maximum absolute atomic E-state index is 11.7. The first-order valence-corrected chi connectivity index (χ1v) is 2.99. The maximum Gasteiger partial charge on any atom is 2.00 e. The third-order valence-corrected chi connectivity index (χ3v) is 1.22. The number of halogens is 1. The molecule has 0 unspecified atom stereocenters. The van der Waals surface area contributed by atoms with Crippen LogP contribution in [0, 0.1) is 0 Å². The van der Waals surface area contributed by atoms with Gasteiger partial charge in [-0.05, 0) is 0 Å². The molecule has 1 aromatic rings. The average molecular weight is 164 g/mol. The van der Waals surface area contributed by atoms with Crippen molar-refractivity contribution in [1.82, 2.24) is 0 Å². The SMILES string of the molecule is O=C(CF)c1ccccc1.[H-].[H-].[Mg+2]. The van der Waals surface area contributed by atoms with Crippen molar-refractivity contribution >= 4 is 28.8 Å². The molecule has 11 heavy (non-hydrogen) atoms. The summed E-state index contributed by atoms with van der Waals surface area (Å²) in [6.07, 6.45) is 0. The Labute approximate surface area is 83.7 Å². The van der Waals surface area contributed by atoms with Crippen molar-refractivity contribution in [3.8, 4) is 0 Å². The van der Waals surface area contributed by atoms with Crippen LogP contribution < -0.4 is 0 Å². The smallest absolute Gasteiger partial charge is 1.00 e. The predicted molar refractivity (Wildman–Crippen MR) is 44.7 cm³/mol. The summed E-state index contributed by atoms with van der Waals surface area (Å²) in [6, 6.07) is 8.41. The van der Waals surface area contributed by atoms with E-state index in [4.69, 9.17) is 0 Å². The first-order valence-electron chi connectivity index (χ1n) is 2.99. The number of benzene rings is 1. The van der Waals surface area contributed by atoms with Gasteiger partial charge in [0.1, 0.15) is 0 Å². The van der Waals surface area contributed by atoms with Crippen molar-refractivity contribution < 1.29 is 12.0 Å². The summed E-state index contributed by atoms with van der Waals surface area (Å²) < 4.78 is 11.7. The van der Waals surface area contributed by atoms with Gasteiger partial charge in [-0.2, -0.15) is 0 Å². The molecule has 0 saturated carbocycles. The van der Waals surface area contributed by atoms with Gasteiger partial charge >= 0.3 is 23.1 Å². The molecule has 0 bridgehead atoms. The van der Waals surface area contributed by atoms with E-state index < -0.39 is 12.5 Å². The van der Waals surface area contributed by atoms with Gasteiger partial charge in [-0.15, -0.1) is 0 Å². The Bertz CT molecular complexity index is 231. The molecule has 0 aliphatic carbocycles. The molecule has 0 heterocycles. The minimum atomic E-state index is -0.913. The molecule has 1 nitrogen and oxygen atoms in total. The molecular formula is C8H9FMgO. The van der Waals surface area contributed by atoms with Gasteiger partial charge in [0, 0.05) is 5.56 Å². The molecule has 0 spiro atoms. The Morgan fingerprint density at radius 2 is 1.91 bits per heavy atom. The predicted octanol–water partition coefficient (Wildman–Crippen LogP) is 1.68. The van der Waals surface area contributed by atoms with E-state index in [2.05, 4.69) is 0 Å². The molecule has 0 amide bonds. The van der Waals surface area contributed by atoms with Crippen LogP contribution in [0.1, 0.15) is 13.2 Å². The van der Waals surface area contributed by atoms with Crippen LogP contribution in [0.3, 0.4) is 0 Å². The van der Waals surface area contributed by atoms with Gasteiger partial charge in [-0.1, -0.05) is 30.3 Å². The Morgan fingerprint density at radius 3 is 2.36 bits per heavy atom. The van der Waals surface area contributed by atoms with Gasteiger partial charge in [0.25, 0.3) is 0 Å². The average Bonchev–Trinajstić information content (AvgIpc) is 2.05. The third-order valence-electron chi connectivity index (χ3n) is 1.22. The molecule has 0 atom stereocenters. The third kappa shape index (κ3) is 2.99. The number of carbonyl (C=O) groups is 1. The van der Waals surface area contributed by atoms with E-state index in [1.165, 1.54) is 0 Å². The van der Waals surface area contributed by atoms with Gasteiger partial charge in [0.15, 0.2) is 12.5 Å². The van der Waals surface area contributed by atoms with E-state index >= 15 is 0 Å². The second kappa shape index (κ2) is 5.26. The Kier molecular flexibility index (Phi) is 5.07. The molecule has 3 heteroatoms. The van der Waals surface area contributed by atoms with Crippen molar-refractivity contribution in [3.05, 3.63) is 35.9 Å². The monoisotopic (exact) mass is 164 g/mol. The fourth-order valence-corrected chi connectivity index (χ4v) is 0.701. The minimum Gasteiger partial charge on any atom is -1.00 e. The number of rotatable bonds is 2. The number of hydrogen-bond donors (Lipinski definition) is 0. The Balaban J connectivity index is -0.000000333. The zero-order chi connectivity index (χ0) is 7.40. The summed E-state index contributed by atoms with van der Waals surface area (Å²) >= 11 is 0. The molecule has 0 saturated heterocycles. The first-order chi connectivity index (χ1) is 4.84. The van der Waals surface area contributed by atoms with Crippen LogP contribution in [-0.4, -0.2) is 35.5 Å². The molecule has 0 radical (unpaired) electrons. The van der Waals surface area contributed by atoms with Crippen molar-refractivity contribution in [2.45, 2.75) is 0 Å². The molecular weight excluding hydrogens is 155 g/mol. The second-order valence-electron chi connectivity index (χ2n) is 1.92. The van der Waals surface area contributed by atoms with Gasteiger partial charge in [0.05, 0.1) is 0 Å². The van der Waals surface area contributed by atoms with Gasteiger partial charge in [-0.25, -0.2) is 4.39 Å². The van der Waals surface area contributed by atoms with Crippen LogP contribution in [0.5, 0.6) is 0 Å². The van der Waals surface area contributed by atoms with Crippen molar-refractivity contribution in [2.75, 3.05) is 6.67 Å². The summed E-state index contributed by atoms with van der Waals surface area (Å²) in [4.78, 5) is 10.6. The topological polar surface area (TPSA) is 17.1 Å². The van der Waals surface area contributed by atoms with Crippen LogP contribution in [0.15, 0.2) is 30.3 Å². The van der Waals surface area contributed by atoms with Crippen molar-refractivity contribution in [2.24, 2.45) is 0 Å². The number of hydrogen-bond acceptors (Lipinski definition) is 1. The molecule has 56 valence electrons. The van der Waals surface area contributed by atoms with Crippen LogP contribution in [0.25, 0.3) is 0 Å². The van der Waals surface area contributed by atoms with E-state index in [1.807, 2.05) is 0 Å². The van der Waals surface area contributed by atoms with Crippen LogP contribution in [-0.2, 0) is 0 Å². The summed E-state index contributed by atoms with van der Waals surface area (Å²) in [7, 11) is 0. The maximum atomic E-state index is 11.7. The van der Waals surface area contributed by atoms with Crippen LogP contribution >= 0.6 is 0 Å². The molecule has 1 aromatic carbocycles. The normalized spacial score (nSPS) is 8.45. The van der Waals surface area contributed by atoms with E-state index in [9.17, 15) is 9.18 Å². The summed E-state index contributed by atoms with van der Waals surface area (Å²) in [5.74, 6) is -0.458. The molecule has 0 fully saturated rings. The summed E-state index contributed by atoms with van der Waals surface area (Å²) in [6.45, 7) is -0.913. The number of alkyl halides is 1. The fourth-order valence-electron chi connectivity index (χ4n) is 0.701. The standard InChI is InChI=1S/C8H7FO.Mg.2H/c9-6-8(10)7-4-2-1-3-5-7;;;/h1-5H,6H2;;;/q;+2;2*-1. The molecule has 0 aliphatic rings. The van der Waals surface area contributed by atoms with Gasteiger partial charge in [-0.3, -0.25) is 4.79 Å². The number of ketones is 1. The quantitative estimate of drug-likeness (QED) is 0.480. The molecule has 1 rings (SSSR count). The minimum absolute atomic E-state index is 0. The number of Topliss-reactive ketones (excluding diaryl/α,β-unsaturated/α-hetero) is 1. The molecule has 0 aromatic heterocycles. The second-order valence-corrected chi connectivity index (χ2v) is 1.92.